The number of hydrogen-bond acceptors (Lipinski definition) is 2. The minimum atomic E-state index is 0.190. The first kappa shape index (κ1) is 7.31. The van der Waals surface area contributed by atoms with Crippen LogP contribution in [0.5, 0.6) is 0 Å². The van der Waals surface area contributed by atoms with Crippen LogP contribution in [0.2, 0.25) is 0 Å². The van der Waals surface area contributed by atoms with Gasteiger partial charge >= 0.3 is 0 Å². The van der Waals surface area contributed by atoms with Crippen molar-refractivity contribution in [1.82, 2.24) is 9.97 Å². The summed E-state index contributed by atoms with van der Waals surface area (Å²) in [6.45, 7) is 0.190. The Bertz CT molecular complexity index is 381. The third-order valence-electron chi connectivity index (χ3n) is 1.95. The smallest absolute Gasteiger partial charge is 0.0643 e. The molecule has 0 saturated carbocycles. The Labute approximate surface area is 70.1 Å². The highest BCUT2D eigenvalue weighted by molar-refractivity contribution is 5.82. The third-order valence-corrected chi connectivity index (χ3v) is 1.95. The zero-order chi connectivity index (χ0) is 8.39. The SMILES string of the molecule is OCCc1c[nH]c2cnccc12. The van der Waals surface area contributed by atoms with Crippen molar-refractivity contribution in [2.45, 2.75) is 6.42 Å². The van der Waals surface area contributed by atoms with E-state index in [4.69, 9.17) is 5.11 Å². The number of rotatable bonds is 2. The first-order valence-electron chi connectivity index (χ1n) is 3.92. The Kier molecular flexibility index (Phi) is 1.80. The molecule has 2 heterocycles. The Morgan fingerprint density at radius 3 is 3.25 bits per heavy atom. The molecule has 0 spiro atoms. The highest BCUT2D eigenvalue weighted by Gasteiger charge is 2.00. The summed E-state index contributed by atoms with van der Waals surface area (Å²) in [6.07, 6.45) is 6.17. The molecule has 2 aromatic heterocycles. The standard InChI is InChI=1S/C9H10N2O/c12-4-2-7-5-11-9-6-10-3-1-8(7)9/h1,3,5-6,11-12H,2,4H2. The second-order valence-corrected chi connectivity index (χ2v) is 2.71. The van der Waals surface area contributed by atoms with Crippen molar-refractivity contribution in [2.24, 2.45) is 0 Å². The van der Waals surface area contributed by atoms with Crippen molar-refractivity contribution >= 4 is 10.9 Å². The molecular weight excluding hydrogens is 152 g/mol. The zero-order valence-corrected chi connectivity index (χ0v) is 6.62. The maximum atomic E-state index is 8.77. The molecule has 0 bridgehead atoms. The van der Waals surface area contributed by atoms with Crippen LogP contribution in [0.1, 0.15) is 5.56 Å². The maximum absolute atomic E-state index is 8.77. The first-order chi connectivity index (χ1) is 5.92. The van der Waals surface area contributed by atoms with Crippen molar-refractivity contribution in [3.8, 4) is 0 Å². The van der Waals surface area contributed by atoms with Crippen molar-refractivity contribution < 1.29 is 5.11 Å². The number of nitrogens with one attached hydrogen (secondary N) is 1. The fraction of sp³-hybridized carbons (Fsp3) is 0.222. The van der Waals surface area contributed by atoms with E-state index in [0.29, 0.717) is 6.42 Å². The van der Waals surface area contributed by atoms with Crippen molar-refractivity contribution in [3.63, 3.8) is 0 Å². The number of aliphatic hydroxyl groups excluding tert-OH is 1. The van der Waals surface area contributed by atoms with E-state index in [9.17, 15) is 0 Å². The summed E-state index contributed by atoms with van der Waals surface area (Å²) >= 11 is 0. The largest absolute Gasteiger partial charge is 0.396 e. The Morgan fingerprint density at radius 1 is 1.50 bits per heavy atom. The molecule has 0 aliphatic heterocycles. The number of fused-ring (bicyclic) bond motifs is 1. The molecule has 2 N–H and O–H groups in total. The molecule has 0 saturated heterocycles. The molecule has 0 radical (unpaired) electrons. The summed E-state index contributed by atoms with van der Waals surface area (Å²) in [5, 5.41) is 9.92. The van der Waals surface area contributed by atoms with Crippen LogP contribution in [0.15, 0.2) is 24.7 Å². The number of aliphatic hydroxyl groups is 1. The van der Waals surface area contributed by atoms with Gasteiger partial charge in [0, 0.05) is 24.4 Å². The van der Waals surface area contributed by atoms with Gasteiger partial charge in [-0.2, -0.15) is 0 Å². The second kappa shape index (κ2) is 2.95. The molecule has 0 fully saturated rings. The van der Waals surface area contributed by atoms with Gasteiger partial charge in [0.15, 0.2) is 0 Å². The summed E-state index contributed by atoms with van der Waals surface area (Å²) in [6, 6.07) is 1.96. The topological polar surface area (TPSA) is 48.9 Å². The molecule has 0 atom stereocenters. The van der Waals surface area contributed by atoms with Gasteiger partial charge in [-0.1, -0.05) is 0 Å². The van der Waals surface area contributed by atoms with Crippen molar-refractivity contribution in [2.75, 3.05) is 6.61 Å². The van der Waals surface area contributed by atoms with E-state index in [2.05, 4.69) is 9.97 Å². The molecule has 0 amide bonds. The van der Waals surface area contributed by atoms with Crippen LogP contribution >= 0.6 is 0 Å². The van der Waals surface area contributed by atoms with E-state index in [0.717, 1.165) is 16.5 Å². The fourth-order valence-electron chi connectivity index (χ4n) is 1.36. The monoisotopic (exact) mass is 162 g/mol. The number of H-pyrrole nitrogens is 1. The van der Waals surface area contributed by atoms with Gasteiger partial charge in [-0.05, 0) is 18.1 Å². The lowest BCUT2D eigenvalue weighted by Gasteiger charge is -1.92. The normalized spacial score (nSPS) is 10.8. The number of hydrogen-bond donors (Lipinski definition) is 2. The molecule has 0 aliphatic carbocycles. The average molecular weight is 162 g/mol. The van der Waals surface area contributed by atoms with Crippen molar-refractivity contribution in [3.05, 3.63) is 30.2 Å². The average Bonchev–Trinajstić information content (AvgIpc) is 2.50. The van der Waals surface area contributed by atoms with Crippen LogP contribution in [-0.4, -0.2) is 21.7 Å². The van der Waals surface area contributed by atoms with E-state index < -0.39 is 0 Å². The van der Waals surface area contributed by atoms with Crippen LogP contribution in [0.3, 0.4) is 0 Å². The molecular formula is C9H10N2O. The van der Waals surface area contributed by atoms with Crippen LogP contribution < -0.4 is 0 Å². The van der Waals surface area contributed by atoms with Gasteiger partial charge < -0.3 is 10.1 Å². The quantitative estimate of drug-likeness (QED) is 0.694. The lowest BCUT2D eigenvalue weighted by Crippen LogP contribution is -1.87. The maximum Gasteiger partial charge on any atom is 0.0643 e. The lowest BCUT2D eigenvalue weighted by molar-refractivity contribution is 0.300. The summed E-state index contributed by atoms with van der Waals surface area (Å²) in [7, 11) is 0. The van der Waals surface area contributed by atoms with Gasteiger partial charge in [-0.25, -0.2) is 0 Å². The lowest BCUT2D eigenvalue weighted by atomic mass is 10.1. The van der Waals surface area contributed by atoms with Gasteiger partial charge in [-0.15, -0.1) is 0 Å². The van der Waals surface area contributed by atoms with Gasteiger partial charge in [0.1, 0.15) is 0 Å². The van der Waals surface area contributed by atoms with Gasteiger partial charge in [0.2, 0.25) is 0 Å². The molecule has 2 aromatic rings. The predicted octanol–water partition coefficient (Wildman–Crippen LogP) is 1.10. The Hall–Kier alpha value is -1.35. The molecule has 12 heavy (non-hydrogen) atoms. The number of nitrogens with zero attached hydrogens (tertiary/aromatic N) is 1. The van der Waals surface area contributed by atoms with Crippen molar-refractivity contribution in [1.29, 1.82) is 0 Å². The molecule has 3 heteroatoms. The van der Waals surface area contributed by atoms with Crippen LogP contribution in [0.4, 0.5) is 0 Å². The fourth-order valence-corrected chi connectivity index (χ4v) is 1.36. The second-order valence-electron chi connectivity index (χ2n) is 2.71. The highest BCUT2D eigenvalue weighted by Crippen LogP contribution is 2.16. The number of aromatic amines is 1. The molecule has 0 aromatic carbocycles. The van der Waals surface area contributed by atoms with Gasteiger partial charge in [0.05, 0.1) is 11.7 Å². The summed E-state index contributed by atoms with van der Waals surface area (Å²) in [5.41, 5.74) is 2.18. The predicted molar refractivity (Wildman–Crippen MR) is 46.9 cm³/mol. The molecule has 0 unspecified atom stereocenters. The minimum Gasteiger partial charge on any atom is -0.396 e. The number of pyridine rings is 1. The van der Waals surface area contributed by atoms with E-state index in [1.807, 2.05) is 12.3 Å². The van der Waals surface area contributed by atoms with E-state index in [1.54, 1.807) is 12.4 Å². The van der Waals surface area contributed by atoms with Crippen LogP contribution in [0, 0.1) is 0 Å². The van der Waals surface area contributed by atoms with Gasteiger partial charge in [-0.3, -0.25) is 4.98 Å². The molecule has 0 aliphatic rings. The minimum absolute atomic E-state index is 0.190. The summed E-state index contributed by atoms with van der Waals surface area (Å²) < 4.78 is 0. The Balaban J connectivity index is 2.55. The molecule has 2 rings (SSSR count). The van der Waals surface area contributed by atoms with E-state index >= 15 is 0 Å². The zero-order valence-electron chi connectivity index (χ0n) is 6.62. The van der Waals surface area contributed by atoms with E-state index in [1.165, 1.54) is 0 Å². The highest BCUT2D eigenvalue weighted by atomic mass is 16.2. The Morgan fingerprint density at radius 2 is 2.42 bits per heavy atom. The first-order valence-corrected chi connectivity index (χ1v) is 3.92. The third kappa shape index (κ3) is 1.08. The number of aromatic nitrogens is 2. The molecule has 3 nitrogen and oxygen atoms in total. The molecule has 62 valence electrons. The summed E-state index contributed by atoms with van der Waals surface area (Å²) in [5.74, 6) is 0. The van der Waals surface area contributed by atoms with Crippen LogP contribution in [-0.2, 0) is 6.42 Å². The van der Waals surface area contributed by atoms with Crippen LogP contribution in [0.25, 0.3) is 10.9 Å². The summed E-state index contributed by atoms with van der Waals surface area (Å²) in [4.78, 5) is 7.09. The van der Waals surface area contributed by atoms with Gasteiger partial charge in [0.25, 0.3) is 0 Å². The van der Waals surface area contributed by atoms with E-state index in [-0.39, 0.29) is 6.61 Å².